The van der Waals surface area contributed by atoms with Gasteiger partial charge in [-0.3, -0.25) is 4.79 Å². The largest absolute Gasteiger partial charge is 0.463 e. The Hall–Kier alpha value is -2.28. The second-order valence-corrected chi connectivity index (χ2v) is 7.30. The molecule has 6 nitrogen and oxygen atoms in total. The first-order valence-corrected chi connectivity index (χ1v) is 9.44. The van der Waals surface area contributed by atoms with Crippen molar-refractivity contribution in [3.63, 3.8) is 0 Å². The Balaban J connectivity index is 0.00000225. The van der Waals surface area contributed by atoms with E-state index in [0.29, 0.717) is 22.2 Å². The Morgan fingerprint density at radius 3 is 2.54 bits per heavy atom. The predicted molar refractivity (Wildman–Crippen MR) is 111 cm³/mol. The van der Waals surface area contributed by atoms with Crippen molar-refractivity contribution in [3.05, 3.63) is 59.4 Å². The van der Waals surface area contributed by atoms with Crippen molar-refractivity contribution in [1.82, 2.24) is 15.1 Å². The summed E-state index contributed by atoms with van der Waals surface area (Å²) < 4.78 is 7.22. The van der Waals surface area contributed by atoms with E-state index in [4.69, 9.17) is 21.8 Å². The normalized spacial score (nSPS) is 19.1. The maximum atomic E-state index is 12.7. The van der Waals surface area contributed by atoms with Gasteiger partial charge in [0.15, 0.2) is 11.5 Å². The fourth-order valence-electron chi connectivity index (χ4n) is 3.39. The molecule has 3 aromatic rings. The van der Waals surface area contributed by atoms with Crippen LogP contribution >= 0.6 is 24.0 Å². The highest BCUT2D eigenvalue weighted by Gasteiger charge is 2.23. The van der Waals surface area contributed by atoms with Crippen LogP contribution in [0.15, 0.2) is 53.1 Å². The van der Waals surface area contributed by atoms with Gasteiger partial charge in [0, 0.05) is 23.2 Å². The zero-order valence-electron chi connectivity index (χ0n) is 15.2. The van der Waals surface area contributed by atoms with Crippen molar-refractivity contribution in [3.8, 4) is 17.1 Å². The second-order valence-electron chi connectivity index (χ2n) is 6.87. The Kier molecular flexibility index (Phi) is 6.44. The van der Waals surface area contributed by atoms with Crippen LogP contribution in [0.5, 0.6) is 0 Å². The molecule has 0 atom stereocenters. The summed E-state index contributed by atoms with van der Waals surface area (Å²) in [6.45, 7) is 0. The lowest BCUT2D eigenvalue weighted by molar-refractivity contribution is 0.0920. The summed E-state index contributed by atoms with van der Waals surface area (Å²) in [5.41, 5.74) is 7.80. The fraction of sp³-hybridized carbons (Fsp3) is 0.300. The van der Waals surface area contributed by atoms with E-state index < -0.39 is 0 Å². The Labute approximate surface area is 174 Å². The topological polar surface area (TPSA) is 86.1 Å². The van der Waals surface area contributed by atoms with Crippen LogP contribution in [0.25, 0.3) is 17.1 Å². The van der Waals surface area contributed by atoms with E-state index in [1.807, 2.05) is 18.2 Å². The summed E-state index contributed by atoms with van der Waals surface area (Å²) in [5.74, 6) is 0.455. The molecule has 4 rings (SSSR count). The highest BCUT2D eigenvalue weighted by atomic mass is 35.5. The number of furan rings is 1. The molecule has 28 heavy (non-hydrogen) atoms. The molecule has 0 radical (unpaired) electrons. The summed E-state index contributed by atoms with van der Waals surface area (Å²) in [6, 6.07) is 13.1. The molecule has 1 saturated carbocycles. The summed E-state index contributed by atoms with van der Waals surface area (Å²) in [4.78, 5) is 12.7. The third kappa shape index (κ3) is 4.41. The van der Waals surface area contributed by atoms with Gasteiger partial charge in [-0.25, -0.2) is 4.68 Å². The zero-order valence-corrected chi connectivity index (χ0v) is 16.7. The molecule has 1 fully saturated rings. The number of hydrogen-bond donors (Lipinski definition) is 2. The molecular weight excluding hydrogens is 399 g/mol. The van der Waals surface area contributed by atoms with Crippen molar-refractivity contribution in [2.45, 2.75) is 37.8 Å². The lowest BCUT2D eigenvalue weighted by Crippen LogP contribution is -2.40. The van der Waals surface area contributed by atoms with E-state index in [1.165, 1.54) is 0 Å². The standard InChI is InChI=1S/C20H21ClN4O2.ClH/c21-13-3-9-16(10-4-13)25-18(19-2-1-11-27-19)12-17(24-25)20(26)23-15-7-5-14(22)6-8-15;/h1-4,9-12,14-15H,5-8,22H2,(H,23,26);1H. The molecule has 2 aromatic heterocycles. The minimum absolute atomic E-state index is 0. The number of benzene rings is 1. The average Bonchev–Trinajstić information content (AvgIpc) is 3.33. The van der Waals surface area contributed by atoms with Crippen LogP contribution in [0.4, 0.5) is 0 Å². The lowest BCUT2D eigenvalue weighted by atomic mass is 9.92. The fourth-order valence-corrected chi connectivity index (χ4v) is 3.52. The van der Waals surface area contributed by atoms with Gasteiger partial charge in [-0.15, -0.1) is 12.4 Å². The second kappa shape index (κ2) is 8.82. The quantitative estimate of drug-likeness (QED) is 0.661. The Morgan fingerprint density at radius 1 is 1.18 bits per heavy atom. The smallest absolute Gasteiger partial charge is 0.272 e. The van der Waals surface area contributed by atoms with Crippen LogP contribution in [0.3, 0.4) is 0 Å². The molecule has 3 N–H and O–H groups in total. The molecule has 0 spiro atoms. The van der Waals surface area contributed by atoms with Crippen LogP contribution < -0.4 is 11.1 Å². The molecule has 148 valence electrons. The highest BCUT2D eigenvalue weighted by Crippen LogP contribution is 2.26. The van der Waals surface area contributed by atoms with E-state index in [9.17, 15) is 4.79 Å². The molecule has 1 aromatic carbocycles. The number of nitrogens with one attached hydrogen (secondary N) is 1. The highest BCUT2D eigenvalue weighted by molar-refractivity contribution is 6.30. The van der Waals surface area contributed by atoms with Crippen LogP contribution in [-0.4, -0.2) is 27.8 Å². The van der Waals surface area contributed by atoms with E-state index >= 15 is 0 Å². The van der Waals surface area contributed by atoms with Crippen molar-refractivity contribution in [2.24, 2.45) is 5.73 Å². The molecule has 0 bridgehead atoms. The third-order valence-corrected chi connectivity index (χ3v) is 5.15. The first-order chi connectivity index (χ1) is 13.1. The molecule has 1 aliphatic carbocycles. The van der Waals surface area contributed by atoms with Crippen LogP contribution in [0, 0.1) is 0 Å². The van der Waals surface area contributed by atoms with E-state index in [0.717, 1.165) is 31.4 Å². The number of carbonyl (C=O) groups excluding carboxylic acids is 1. The summed E-state index contributed by atoms with van der Waals surface area (Å²) in [6.07, 6.45) is 5.26. The molecule has 0 unspecified atom stereocenters. The number of hydrogen-bond acceptors (Lipinski definition) is 4. The van der Waals surface area contributed by atoms with Crippen molar-refractivity contribution in [2.75, 3.05) is 0 Å². The number of rotatable bonds is 4. The summed E-state index contributed by atoms with van der Waals surface area (Å²) in [5, 5.41) is 8.24. The van der Waals surface area contributed by atoms with Gasteiger partial charge in [0.25, 0.3) is 5.91 Å². The number of nitrogens with two attached hydrogens (primary N) is 1. The van der Waals surface area contributed by atoms with Crippen LogP contribution in [0.1, 0.15) is 36.2 Å². The van der Waals surface area contributed by atoms with Crippen molar-refractivity contribution in [1.29, 1.82) is 0 Å². The maximum Gasteiger partial charge on any atom is 0.272 e. The van der Waals surface area contributed by atoms with Gasteiger partial charge in [0.05, 0.1) is 12.0 Å². The number of nitrogens with zero attached hydrogens (tertiary/aromatic N) is 2. The van der Waals surface area contributed by atoms with E-state index in [1.54, 1.807) is 35.2 Å². The maximum absolute atomic E-state index is 12.7. The van der Waals surface area contributed by atoms with Crippen molar-refractivity contribution >= 4 is 29.9 Å². The van der Waals surface area contributed by atoms with Crippen molar-refractivity contribution < 1.29 is 9.21 Å². The minimum Gasteiger partial charge on any atom is -0.463 e. The summed E-state index contributed by atoms with van der Waals surface area (Å²) in [7, 11) is 0. The van der Waals surface area contributed by atoms with Gasteiger partial charge in [0.2, 0.25) is 0 Å². The first-order valence-electron chi connectivity index (χ1n) is 9.06. The van der Waals surface area contributed by atoms with Gasteiger partial charge >= 0.3 is 0 Å². The molecule has 1 amide bonds. The lowest BCUT2D eigenvalue weighted by Gasteiger charge is -2.26. The van der Waals surface area contributed by atoms with Gasteiger partial charge in [-0.1, -0.05) is 11.6 Å². The minimum atomic E-state index is -0.184. The Morgan fingerprint density at radius 2 is 1.89 bits per heavy atom. The number of amides is 1. The van der Waals surface area contributed by atoms with E-state index in [-0.39, 0.29) is 30.4 Å². The number of carbonyl (C=O) groups is 1. The van der Waals surface area contributed by atoms with Gasteiger partial charge in [0.1, 0.15) is 5.69 Å². The Bertz CT molecular complexity index is 914. The van der Waals surface area contributed by atoms with Gasteiger partial charge in [-0.05, 0) is 62.1 Å². The molecule has 1 aliphatic rings. The van der Waals surface area contributed by atoms with Crippen LogP contribution in [0.2, 0.25) is 5.02 Å². The monoisotopic (exact) mass is 420 g/mol. The van der Waals surface area contributed by atoms with Gasteiger partial charge < -0.3 is 15.5 Å². The molecular formula is C20H22Cl2N4O2. The molecule has 0 saturated heterocycles. The number of aromatic nitrogens is 2. The molecule has 2 heterocycles. The predicted octanol–water partition coefficient (Wildman–Crippen LogP) is 4.21. The molecule has 0 aliphatic heterocycles. The molecule has 8 heteroatoms. The third-order valence-electron chi connectivity index (χ3n) is 4.89. The SMILES string of the molecule is Cl.NC1CCC(NC(=O)c2cc(-c3ccco3)n(-c3ccc(Cl)cc3)n2)CC1. The number of halogens is 2. The van der Waals surface area contributed by atoms with Crippen LogP contribution in [-0.2, 0) is 0 Å². The van der Waals surface area contributed by atoms with E-state index in [2.05, 4.69) is 10.4 Å². The van der Waals surface area contributed by atoms with Gasteiger partial charge in [-0.2, -0.15) is 5.10 Å². The summed E-state index contributed by atoms with van der Waals surface area (Å²) >= 11 is 5.99. The first kappa shape index (κ1) is 20.5. The average molecular weight is 421 g/mol. The zero-order chi connectivity index (χ0) is 18.8.